The minimum atomic E-state index is 0.450. The van der Waals surface area contributed by atoms with Crippen LogP contribution in [0.15, 0.2) is 42.7 Å². The number of likely N-dealkylation sites (tertiary alicyclic amines) is 1. The summed E-state index contributed by atoms with van der Waals surface area (Å²) in [7, 11) is 1.64. The molecule has 2 saturated heterocycles. The van der Waals surface area contributed by atoms with Gasteiger partial charge in [-0.15, -0.1) is 6.42 Å². The number of ether oxygens (including phenoxy) is 3. The highest BCUT2D eigenvalue weighted by Gasteiger charge is 2.48. The highest BCUT2D eigenvalue weighted by Crippen LogP contribution is 2.38. The van der Waals surface area contributed by atoms with Gasteiger partial charge >= 0.3 is 0 Å². The van der Waals surface area contributed by atoms with Crippen LogP contribution in [0.4, 0.5) is 11.5 Å². The Morgan fingerprint density at radius 3 is 2.81 bits per heavy atom. The van der Waals surface area contributed by atoms with E-state index in [9.17, 15) is 0 Å². The lowest BCUT2D eigenvalue weighted by Gasteiger charge is -2.55. The topological polar surface area (TPSA) is 68.7 Å². The van der Waals surface area contributed by atoms with E-state index in [2.05, 4.69) is 26.1 Å². The molecule has 3 heterocycles. The van der Waals surface area contributed by atoms with Gasteiger partial charge in [0.2, 0.25) is 0 Å². The van der Waals surface area contributed by atoms with E-state index in [1.54, 1.807) is 7.11 Å². The third-order valence-corrected chi connectivity index (χ3v) is 6.02. The van der Waals surface area contributed by atoms with Crippen LogP contribution in [0.1, 0.15) is 12.0 Å². The van der Waals surface area contributed by atoms with E-state index < -0.39 is 0 Å². The summed E-state index contributed by atoms with van der Waals surface area (Å²) in [6.45, 7) is 5.75. The molecule has 0 unspecified atom stereocenters. The lowest BCUT2D eigenvalue weighted by Crippen LogP contribution is -2.65. The molecule has 2 aliphatic rings. The number of benzene rings is 2. The average molecular weight is 431 g/mol. The monoisotopic (exact) mass is 430 g/mol. The van der Waals surface area contributed by atoms with Gasteiger partial charge in [0.25, 0.3) is 0 Å². The summed E-state index contributed by atoms with van der Waals surface area (Å²) in [4.78, 5) is 11.3. The number of fused-ring (bicyclic) bond motifs is 1. The highest BCUT2D eigenvalue weighted by molar-refractivity contribution is 5.93. The normalized spacial score (nSPS) is 16.8. The van der Waals surface area contributed by atoms with Gasteiger partial charge in [-0.2, -0.15) is 0 Å². The fourth-order valence-corrected chi connectivity index (χ4v) is 4.36. The van der Waals surface area contributed by atoms with Crippen molar-refractivity contribution in [1.82, 2.24) is 14.9 Å². The highest BCUT2D eigenvalue weighted by atomic mass is 16.5. The van der Waals surface area contributed by atoms with E-state index in [0.29, 0.717) is 29.3 Å². The molecule has 3 aromatic rings. The molecule has 1 aromatic heterocycles. The lowest BCUT2D eigenvalue weighted by atomic mass is 9.78. The van der Waals surface area contributed by atoms with Crippen LogP contribution in [-0.2, 0) is 4.74 Å². The molecule has 0 radical (unpaired) electrons. The van der Waals surface area contributed by atoms with Crippen LogP contribution in [0.25, 0.3) is 10.9 Å². The molecule has 1 spiro atoms. The van der Waals surface area contributed by atoms with Crippen molar-refractivity contribution in [3.05, 3.63) is 48.3 Å². The summed E-state index contributed by atoms with van der Waals surface area (Å²) >= 11 is 0. The molecular formula is C25H26N4O3. The first-order valence-electron chi connectivity index (χ1n) is 10.8. The van der Waals surface area contributed by atoms with Gasteiger partial charge in [0.1, 0.15) is 12.1 Å². The van der Waals surface area contributed by atoms with E-state index in [0.717, 1.165) is 61.4 Å². The molecule has 0 atom stereocenters. The van der Waals surface area contributed by atoms with Crippen molar-refractivity contribution >= 4 is 22.4 Å². The maximum absolute atomic E-state index is 6.10. The Labute approximate surface area is 187 Å². The number of nitrogens with one attached hydrogen (secondary N) is 1. The first kappa shape index (κ1) is 20.6. The van der Waals surface area contributed by atoms with Gasteiger partial charge in [0.05, 0.1) is 32.4 Å². The van der Waals surface area contributed by atoms with Crippen LogP contribution < -0.4 is 14.8 Å². The Morgan fingerprint density at radius 2 is 2.06 bits per heavy atom. The molecule has 2 aromatic carbocycles. The maximum atomic E-state index is 6.10. The van der Waals surface area contributed by atoms with E-state index in [1.165, 1.54) is 6.33 Å². The van der Waals surface area contributed by atoms with Crippen LogP contribution in [0.2, 0.25) is 0 Å². The quantitative estimate of drug-likeness (QED) is 0.434. The number of hydrogen-bond acceptors (Lipinski definition) is 7. The zero-order valence-electron chi connectivity index (χ0n) is 18.1. The summed E-state index contributed by atoms with van der Waals surface area (Å²) in [5.41, 5.74) is 2.89. The van der Waals surface area contributed by atoms with Crippen molar-refractivity contribution in [1.29, 1.82) is 0 Å². The molecule has 164 valence electrons. The van der Waals surface area contributed by atoms with Crippen molar-refractivity contribution in [3.8, 4) is 23.8 Å². The van der Waals surface area contributed by atoms with E-state index >= 15 is 0 Å². The summed E-state index contributed by atoms with van der Waals surface area (Å²) < 4.78 is 17.0. The fourth-order valence-electron chi connectivity index (χ4n) is 4.36. The van der Waals surface area contributed by atoms with Crippen LogP contribution in [0.3, 0.4) is 0 Å². The summed E-state index contributed by atoms with van der Waals surface area (Å²) in [6.07, 6.45) is 8.01. The van der Waals surface area contributed by atoms with Crippen LogP contribution in [0.5, 0.6) is 11.5 Å². The zero-order valence-corrected chi connectivity index (χ0v) is 18.1. The first-order chi connectivity index (χ1) is 15.7. The molecule has 0 saturated carbocycles. The molecule has 5 rings (SSSR count). The summed E-state index contributed by atoms with van der Waals surface area (Å²) in [5.74, 6) is 4.68. The zero-order chi connectivity index (χ0) is 22.0. The SMILES string of the molecule is C#Cc1cccc(Nc2ncnc3cc(OC)c(OCCCN4CC5(COC5)C4)cc23)c1. The average Bonchev–Trinajstić information content (AvgIpc) is 2.76. The number of terminal acetylenes is 1. The molecule has 2 aliphatic heterocycles. The third kappa shape index (κ3) is 4.07. The molecule has 1 N–H and O–H groups in total. The summed E-state index contributed by atoms with van der Waals surface area (Å²) in [5, 5.41) is 4.19. The largest absolute Gasteiger partial charge is 0.493 e. The number of aromatic nitrogens is 2. The smallest absolute Gasteiger partial charge is 0.162 e. The molecule has 7 nitrogen and oxygen atoms in total. The van der Waals surface area contributed by atoms with Crippen molar-refractivity contribution in [3.63, 3.8) is 0 Å². The van der Waals surface area contributed by atoms with Gasteiger partial charge in [-0.25, -0.2) is 9.97 Å². The van der Waals surface area contributed by atoms with Gasteiger partial charge < -0.3 is 24.4 Å². The van der Waals surface area contributed by atoms with Crippen molar-refractivity contribution < 1.29 is 14.2 Å². The number of hydrogen-bond donors (Lipinski definition) is 1. The van der Waals surface area contributed by atoms with Gasteiger partial charge in [0.15, 0.2) is 11.5 Å². The number of rotatable bonds is 8. The minimum absolute atomic E-state index is 0.450. The Balaban J connectivity index is 1.28. The van der Waals surface area contributed by atoms with Crippen LogP contribution >= 0.6 is 0 Å². The van der Waals surface area contributed by atoms with Gasteiger partial charge in [-0.1, -0.05) is 12.0 Å². The Kier molecular flexibility index (Phi) is 5.56. The van der Waals surface area contributed by atoms with Gasteiger partial charge in [-0.05, 0) is 30.7 Å². The maximum Gasteiger partial charge on any atom is 0.162 e. The molecule has 0 bridgehead atoms. The Bertz CT molecular complexity index is 1160. The first-order valence-corrected chi connectivity index (χ1v) is 10.8. The predicted octanol–water partition coefficient (Wildman–Crippen LogP) is 3.46. The Morgan fingerprint density at radius 1 is 1.19 bits per heavy atom. The van der Waals surface area contributed by atoms with E-state index in [1.807, 2.05) is 36.4 Å². The Hall–Kier alpha value is -3.34. The second-order valence-corrected chi connectivity index (χ2v) is 8.50. The predicted molar refractivity (Wildman–Crippen MR) is 124 cm³/mol. The van der Waals surface area contributed by atoms with E-state index in [4.69, 9.17) is 20.6 Å². The third-order valence-electron chi connectivity index (χ3n) is 6.02. The number of methoxy groups -OCH3 is 1. The second kappa shape index (κ2) is 8.65. The minimum Gasteiger partial charge on any atom is -0.493 e. The lowest BCUT2D eigenvalue weighted by molar-refractivity contribution is -0.189. The van der Waals surface area contributed by atoms with Crippen molar-refractivity contribution in [2.24, 2.45) is 5.41 Å². The molecule has 32 heavy (non-hydrogen) atoms. The molecule has 0 aliphatic carbocycles. The van der Waals surface area contributed by atoms with Crippen molar-refractivity contribution in [2.75, 3.05) is 51.9 Å². The molecule has 2 fully saturated rings. The number of nitrogens with zero attached hydrogens (tertiary/aromatic N) is 3. The molecular weight excluding hydrogens is 404 g/mol. The summed E-state index contributed by atoms with van der Waals surface area (Å²) in [6, 6.07) is 11.5. The van der Waals surface area contributed by atoms with Crippen LogP contribution in [0, 0.1) is 17.8 Å². The van der Waals surface area contributed by atoms with E-state index in [-0.39, 0.29) is 0 Å². The molecule has 7 heteroatoms. The fraction of sp³-hybridized carbons (Fsp3) is 0.360. The molecule has 0 amide bonds. The van der Waals surface area contributed by atoms with Gasteiger partial charge in [-0.3, -0.25) is 0 Å². The van der Waals surface area contributed by atoms with Crippen molar-refractivity contribution in [2.45, 2.75) is 6.42 Å². The second-order valence-electron chi connectivity index (χ2n) is 8.50. The van der Waals surface area contributed by atoms with Crippen LogP contribution in [-0.4, -0.2) is 61.4 Å². The number of anilines is 2. The van der Waals surface area contributed by atoms with Gasteiger partial charge in [0, 0.05) is 47.8 Å². The standard InChI is InChI=1S/C25H26N4O3/c1-3-18-6-4-7-19(10-18)28-24-20-11-23(22(30-2)12-21(20)26-17-27-24)32-9-5-8-29-13-25(14-29)15-31-16-25/h1,4,6-7,10-12,17H,5,8-9,13-16H2,2H3,(H,26,27,28).